The molecule has 1 aromatic rings. The Labute approximate surface area is 138 Å². The van der Waals surface area contributed by atoms with Gasteiger partial charge in [-0.3, -0.25) is 0 Å². The molecular weight excluding hydrogens is 380 g/mol. The molecule has 4 nitrogen and oxygen atoms in total. The molecule has 8 heteroatoms. The Kier molecular flexibility index (Phi) is 8.07. The zero-order chi connectivity index (χ0) is 15.2. The van der Waals surface area contributed by atoms with Crippen LogP contribution in [0.2, 0.25) is 0 Å². The molecule has 0 atom stereocenters. The summed E-state index contributed by atoms with van der Waals surface area (Å²) in [6, 6.07) is 2.11. The lowest BCUT2D eigenvalue weighted by molar-refractivity contribution is 0.580. The Morgan fingerprint density at radius 3 is 2.75 bits per heavy atom. The van der Waals surface area contributed by atoms with Crippen molar-refractivity contribution in [1.29, 1.82) is 0 Å². The summed E-state index contributed by atoms with van der Waals surface area (Å²) in [6.45, 7) is 5.29. The second kappa shape index (κ2) is 8.75. The molecule has 0 radical (unpaired) electrons. The molecular formula is C12H21BrN2O2S3. The van der Waals surface area contributed by atoms with Gasteiger partial charge in [0.05, 0.1) is 3.79 Å². The minimum Gasteiger partial charge on any atom is -0.310 e. The van der Waals surface area contributed by atoms with Crippen LogP contribution in [0.1, 0.15) is 25.1 Å². The Hall–Kier alpha value is 0.400. The minimum atomic E-state index is -3.41. The maximum atomic E-state index is 12.2. The van der Waals surface area contributed by atoms with Gasteiger partial charge in [-0.1, -0.05) is 13.8 Å². The van der Waals surface area contributed by atoms with Gasteiger partial charge in [0.2, 0.25) is 10.0 Å². The molecule has 0 bridgehead atoms. The van der Waals surface area contributed by atoms with Crippen molar-refractivity contribution in [3.63, 3.8) is 0 Å². The van der Waals surface area contributed by atoms with Crippen molar-refractivity contribution in [2.24, 2.45) is 0 Å². The molecule has 0 aromatic carbocycles. The number of nitrogens with one attached hydrogen (secondary N) is 2. The number of thiophene rings is 1. The third-order valence-corrected chi connectivity index (χ3v) is 6.91. The Morgan fingerprint density at radius 1 is 1.45 bits per heavy atom. The molecule has 0 fully saturated rings. The maximum absolute atomic E-state index is 12.2. The molecule has 1 aromatic heterocycles. The lowest BCUT2D eigenvalue weighted by atomic mass is 10.4. The van der Waals surface area contributed by atoms with E-state index in [0.717, 1.165) is 17.1 Å². The summed E-state index contributed by atoms with van der Waals surface area (Å²) >= 11 is 6.52. The van der Waals surface area contributed by atoms with Crippen molar-refractivity contribution in [2.45, 2.75) is 37.8 Å². The zero-order valence-corrected chi connectivity index (χ0v) is 15.9. The second-order valence-corrected chi connectivity index (χ2v) is 9.81. The lowest BCUT2D eigenvalue weighted by Crippen LogP contribution is -2.25. The second-order valence-electron chi connectivity index (χ2n) is 4.63. The highest BCUT2D eigenvalue weighted by molar-refractivity contribution is 9.11. The van der Waals surface area contributed by atoms with E-state index < -0.39 is 10.0 Å². The first-order chi connectivity index (χ1) is 9.36. The van der Waals surface area contributed by atoms with Gasteiger partial charge in [0, 0.05) is 24.0 Å². The van der Waals surface area contributed by atoms with Crippen LogP contribution >= 0.6 is 39.0 Å². The first-order valence-corrected chi connectivity index (χ1v) is 10.9. The minimum absolute atomic E-state index is 0.340. The van der Waals surface area contributed by atoms with Crippen LogP contribution in [0.5, 0.6) is 0 Å². The van der Waals surface area contributed by atoms with Gasteiger partial charge in [-0.25, -0.2) is 13.1 Å². The van der Waals surface area contributed by atoms with Crippen LogP contribution in [0.4, 0.5) is 0 Å². The summed E-state index contributed by atoms with van der Waals surface area (Å²) in [5.41, 5.74) is 0. The number of sulfonamides is 1. The van der Waals surface area contributed by atoms with E-state index in [2.05, 4.69) is 39.8 Å². The van der Waals surface area contributed by atoms with Gasteiger partial charge < -0.3 is 5.32 Å². The van der Waals surface area contributed by atoms with Crippen LogP contribution in [-0.4, -0.2) is 33.0 Å². The van der Waals surface area contributed by atoms with Crippen molar-refractivity contribution in [3.05, 3.63) is 14.7 Å². The van der Waals surface area contributed by atoms with E-state index in [1.807, 2.05) is 6.26 Å². The molecule has 0 saturated carbocycles. The fourth-order valence-electron chi connectivity index (χ4n) is 1.47. The number of thioether (sulfide) groups is 1. The number of rotatable bonds is 9. The van der Waals surface area contributed by atoms with Gasteiger partial charge in [-0.2, -0.15) is 11.8 Å². The summed E-state index contributed by atoms with van der Waals surface area (Å²) in [6.07, 6.45) is 2.85. The zero-order valence-electron chi connectivity index (χ0n) is 11.9. The summed E-state index contributed by atoms with van der Waals surface area (Å²) < 4.78 is 27.7. The van der Waals surface area contributed by atoms with Crippen LogP contribution in [0.25, 0.3) is 0 Å². The number of halogens is 1. The van der Waals surface area contributed by atoms with Crippen LogP contribution in [0.3, 0.4) is 0 Å². The highest BCUT2D eigenvalue weighted by Gasteiger charge is 2.20. The van der Waals surface area contributed by atoms with E-state index in [-0.39, 0.29) is 0 Å². The molecule has 0 unspecified atom stereocenters. The van der Waals surface area contributed by atoms with Crippen molar-refractivity contribution < 1.29 is 8.42 Å². The molecule has 2 N–H and O–H groups in total. The Balaban J connectivity index is 2.69. The average Bonchev–Trinajstić information content (AvgIpc) is 2.74. The quantitative estimate of drug-likeness (QED) is 0.625. The molecule has 0 saturated heterocycles. The van der Waals surface area contributed by atoms with Crippen molar-refractivity contribution in [3.8, 4) is 0 Å². The van der Waals surface area contributed by atoms with Gasteiger partial charge in [-0.15, -0.1) is 11.3 Å². The highest BCUT2D eigenvalue weighted by Crippen LogP contribution is 2.31. The maximum Gasteiger partial charge on any atom is 0.242 e. The normalized spacial score (nSPS) is 12.2. The van der Waals surface area contributed by atoms with E-state index in [1.165, 1.54) is 11.3 Å². The Morgan fingerprint density at radius 2 is 2.15 bits per heavy atom. The summed E-state index contributed by atoms with van der Waals surface area (Å²) in [5.74, 6) is 0.955. The standard InChI is InChI=1S/C12H21BrN2O2S3/c1-9(2)14-8-10-7-11(12(13)19-10)20(16,17)15-5-4-6-18-3/h7,9,14-15H,4-6,8H2,1-3H3. The molecule has 0 aliphatic rings. The fourth-order valence-corrected chi connectivity index (χ4v) is 5.61. The summed E-state index contributed by atoms with van der Waals surface area (Å²) in [4.78, 5) is 1.35. The van der Waals surface area contributed by atoms with Crippen LogP contribution in [0, 0.1) is 0 Å². The molecule has 20 heavy (non-hydrogen) atoms. The van der Waals surface area contributed by atoms with Gasteiger partial charge in [-0.05, 0) is 40.4 Å². The number of hydrogen-bond acceptors (Lipinski definition) is 5. The van der Waals surface area contributed by atoms with Gasteiger partial charge >= 0.3 is 0 Å². The third-order valence-electron chi connectivity index (χ3n) is 2.50. The van der Waals surface area contributed by atoms with Crippen molar-refractivity contribution in [1.82, 2.24) is 10.0 Å². The van der Waals surface area contributed by atoms with E-state index >= 15 is 0 Å². The van der Waals surface area contributed by atoms with Crippen molar-refractivity contribution in [2.75, 3.05) is 18.6 Å². The molecule has 0 spiro atoms. The smallest absolute Gasteiger partial charge is 0.242 e. The van der Waals surface area contributed by atoms with Gasteiger partial charge in [0.25, 0.3) is 0 Å². The fraction of sp³-hybridized carbons (Fsp3) is 0.667. The van der Waals surface area contributed by atoms with Gasteiger partial charge in [0.15, 0.2) is 0 Å². The first-order valence-electron chi connectivity index (χ1n) is 6.37. The van der Waals surface area contributed by atoms with E-state index in [0.29, 0.717) is 27.8 Å². The predicted octanol–water partition coefficient (Wildman–Crippen LogP) is 3.04. The van der Waals surface area contributed by atoms with Crippen LogP contribution < -0.4 is 10.0 Å². The first kappa shape index (κ1) is 18.4. The molecule has 1 heterocycles. The molecule has 0 aliphatic heterocycles. The largest absolute Gasteiger partial charge is 0.310 e. The third kappa shape index (κ3) is 6.03. The summed E-state index contributed by atoms with van der Waals surface area (Å²) in [5, 5.41) is 3.29. The Bertz CT molecular complexity index is 515. The predicted molar refractivity (Wildman–Crippen MR) is 92.2 cm³/mol. The SMILES string of the molecule is CSCCCNS(=O)(=O)c1cc(CNC(C)C)sc1Br. The topological polar surface area (TPSA) is 58.2 Å². The van der Waals surface area contributed by atoms with E-state index in [1.54, 1.807) is 17.8 Å². The van der Waals surface area contributed by atoms with E-state index in [9.17, 15) is 8.42 Å². The van der Waals surface area contributed by atoms with E-state index in [4.69, 9.17) is 0 Å². The molecule has 116 valence electrons. The highest BCUT2D eigenvalue weighted by atomic mass is 79.9. The average molecular weight is 401 g/mol. The van der Waals surface area contributed by atoms with Crippen molar-refractivity contribution >= 4 is 49.1 Å². The lowest BCUT2D eigenvalue weighted by Gasteiger charge is -2.05. The van der Waals surface area contributed by atoms with Crippen LogP contribution in [-0.2, 0) is 16.6 Å². The van der Waals surface area contributed by atoms with Gasteiger partial charge in [0.1, 0.15) is 4.90 Å². The van der Waals surface area contributed by atoms with Crippen LogP contribution in [0.15, 0.2) is 14.7 Å². The summed E-state index contributed by atoms with van der Waals surface area (Å²) in [7, 11) is -3.41. The number of hydrogen-bond donors (Lipinski definition) is 2. The molecule has 1 rings (SSSR count). The molecule has 0 aliphatic carbocycles. The molecule has 0 amide bonds. The monoisotopic (exact) mass is 400 g/mol.